The van der Waals surface area contributed by atoms with Crippen molar-refractivity contribution < 1.29 is 19.1 Å². The van der Waals surface area contributed by atoms with E-state index < -0.39 is 6.10 Å². The first-order chi connectivity index (χ1) is 16.3. The van der Waals surface area contributed by atoms with Crippen LogP contribution in [0.4, 0.5) is 5.88 Å². The van der Waals surface area contributed by atoms with Gasteiger partial charge in [-0.1, -0.05) is 35.5 Å². The molecule has 0 amide bonds. The van der Waals surface area contributed by atoms with Gasteiger partial charge in [0.05, 0.1) is 38.1 Å². The average Bonchev–Trinajstić information content (AvgIpc) is 3.57. The summed E-state index contributed by atoms with van der Waals surface area (Å²) in [4.78, 5) is 6.96. The zero-order valence-corrected chi connectivity index (χ0v) is 19.4. The number of morpholine rings is 2. The topological polar surface area (TPSA) is 74.4 Å². The number of aliphatic hydroxyl groups excluding tert-OH is 1. The van der Waals surface area contributed by atoms with Gasteiger partial charge in [0.15, 0.2) is 0 Å². The van der Waals surface area contributed by atoms with Gasteiger partial charge in [-0.05, 0) is 18.8 Å². The van der Waals surface area contributed by atoms with Crippen molar-refractivity contribution in [3.63, 3.8) is 0 Å². The summed E-state index contributed by atoms with van der Waals surface area (Å²) in [6.45, 7) is 9.36. The summed E-state index contributed by atoms with van der Waals surface area (Å²) < 4.78 is 17.0. The van der Waals surface area contributed by atoms with Crippen LogP contribution in [-0.4, -0.2) is 98.4 Å². The van der Waals surface area contributed by atoms with Crippen LogP contribution in [0.3, 0.4) is 0 Å². The van der Waals surface area contributed by atoms with Crippen LogP contribution in [0.2, 0.25) is 0 Å². The highest BCUT2D eigenvalue weighted by Gasteiger charge is 2.30. The van der Waals surface area contributed by atoms with Gasteiger partial charge in [0, 0.05) is 57.9 Å². The molecule has 3 fully saturated rings. The van der Waals surface area contributed by atoms with Gasteiger partial charge in [-0.3, -0.25) is 9.80 Å². The van der Waals surface area contributed by atoms with E-state index in [1.165, 1.54) is 12.8 Å². The van der Waals surface area contributed by atoms with E-state index in [0.29, 0.717) is 26.3 Å². The molecule has 1 saturated carbocycles. The molecule has 3 heterocycles. The molecule has 5 rings (SSSR count). The van der Waals surface area contributed by atoms with Crippen molar-refractivity contribution in [3.8, 4) is 11.3 Å². The summed E-state index contributed by atoms with van der Waals surface area (Å²) in [5, 5.41) is 15.5. The van der Waals surface area contributed by atoms with E-state index in [2.05, 4.69) is 32.0 Å². The normalized spacial score (nSPS) is 21.0. The molecule has 0 spiro atoms. The van der Waals surface area contributed by atoms with Crippen molar-refractivity contribution in [1.29, 1.82) is 0 Å². The summed E-state index contributed by atoms with van der Waals surface area (Å²) in [6, 6.07) is 10.3. The molecule has 1 aromatic carbocycles. The van der Waals surface area contributed by atoms with Crippen LogP contribution in [0, 0.1) is 5.92 Å². The lowest BCUT2D eigenvalue weighted by Crippen LogP contribution is -2.45. The molecule has 180 valence electrons. The Morgan fingerprint density at radius 1 is 1.00 bits per heavy atom. The number of anilines is 1. The summed E-state index contributed by atoms with van der Waals surface area (Å²) in [6.07, 6.45) is 2.16. The first-order valence-corrected chi connectivity index (χ1v) is 12.3. The minimum Gasteiger partial charge on any atom is -0.390 e. The van der Waals surface area contributed by atoms with Gasteiger partial charge < -0.3 is 24.0 Å². The van der Waals surface area contributed by atoms with Crippen LogP contribution >= 0.6 is 0 Å². The van der Waals surface area contributed by atoms with Crippen LogP contribution in [0.1, 0.15) is 18.4 Å². The molecule has 1 unspecified atom stereocenters. The van der Waals surface area contributed by atoms with Gasteiger partial charge >= 0.3 is 0 Å². The molecule has 1 aliphatic carbocycles. The molecular formula is C25H36N4O4. The lowest BCUT2D eigenvalue weighted by Gasteiger charge is -2.32. The van der Waals surface area contributed by atoms with E-state index in [4.69, 9.17) is 14.0 Å². The van der Waals surface area contributed by atoms with Crippen molar-refractivity contribution in [2.75, 3.05) is 77.1 Å². The standard InChI is InChI=1S/C25H36N4O4/c30-22(17-27-8-12-31-13-9-27)18-28(16-20-6-7-20)19-23-24(21-4-2-1-3-5-21)26-33-25(23)29-10-14-32-15-11-29/h1-5,20,22,30H,6-19H2. The zero-order chi connectivity index (χ0) is 22.5. The molecule has 1 atom stereocenters. The Hall–Kier alpha value is -1.97. The van der Waals surface area contributed by atoms with Crippen LogP contribution in [0.15, 0.2) is 34.9 Å². The Balaban J connectivity index is 1.35. The van der Waals surface area contributed by atoms with Gasteiger partial charge in [-0.15, -0.1) is 0 Å². The zero-order valence-electron chi connectivity index (χ0n) is 19.4. The molecule has 0 bridgehead atoms. The van der Waals surface area contributed by atoms with Crippen molar-refractivity contribution in [3.05, 3.63) is 35.9 Å². The summed E-state index contributed by atoms with van der Waals surface area (Å²) in [5.41, 5.74) is 3.08. The molecule has 3 aliphatic rings. The lowest BCUT2D eigenvalue weighted by molar-refractivity contribution is 0.00591. The molecule has 8 heteroatoms. The van der Waals surface area contributed by atoms with Crippen LogP contribution in [0.5, 0.6) is 0 Å². The second-order valence-corrected chi connectivity index (χ2v) is 9.48. The Labute approximate surface area is 196 Å². The van der Waals surface area contributed by atoms with E-state index >= 15 is 0 Å². The highest BCUT2D eigenvalue weighted by molar-refractivity contribution is 5.68. The fourth-order valence-electron chi connectivity index (χ4n) is 4.81. The summed E-state index contributed by atoms with van der Waals surface area (Å²) in [7, 11) is 0. The van der Waals surface area contributed by atoms with Crippen molar-refractivity contribution in [2.24, 2.45) is 5.92 Å². The average molecular weight is 457 g/mol. The Kier molecular flexibility index (Phi) is 7.58. The van der Waals surface area contributed by atoms with E-state index in [1.54, 1.807) is 0 Å². The van der Waals surface area contributed by atoms with E-state index in [-0.39, 0.29) is 0 Å². The van der Waals surface area contributed by atoms with E-state index in [0.717, 1.165) is 81.1 Å². The highest BCUT2D eigenvalue weighted by Crippen LogP contribution is 2.35. The van der Waals surface area contributed by atoms with E-state index in [9.17, 15) is 5.11 Å². The van der Waals surface area contributed by atoms with Crippen molar-refractivity contribution >= 4 is 5.88 Å². The number of aromatic nitrogens is 1. The number of hydrogen-bond acceptors (Lipinski definition) is 8. The minimum atomic E-state index is -0.395. The molecule has 2 aromatic rings. The van der Waals surface area contributed by atoms with Crippen LogP contribution in [-0.2, 0) is 16.0 Å². The minimum absolute atomic E-state index is 0.395. The van der Waals surface area contributed by atoms with Crippen molar-refractivity contribution in [1.82, 2.24) is 15.0 Å². The summed E-state index contributed by atoms with van der Waals surface area (Å²) in [5.74, 6) is 1.58. The number of β-amino-alcohol motifs (C(OH)–C–C–N with tert-alkyl or cyclic N) is 1. The fourth-order valence-corrected chi connectivity index (χ4v) is 4.81. The largest absolute Gasteiger partial charge is 0.390 e. The fraction of sp³-hybridized carbons (Fsp3) is 0.640. The first-order valence-electron chi connectivity index (χ1n) is 12.3. The number of benzene rings is 1. The Bertz CT molecular complexity index is 861. The number of ether oxygens (including phenoxy) is 2. The van der Waals surface area contributed by atoms with Crippen LogP contribution in [0.25, 0.3) is 11.3 Å². The Morgan fingerprint density at radius 2 is 1.70 bits per heavy atom. The second-order valence-electron chi connectivity index (χ2n) is 9.48. The number of aliphatic hydroxyl groups is 1. The molecular weight excluding hydrogens is 420 g/mol. The molecule has 0 radical (unpaired) electrons. The van der Waals surface area contributed by atoms with Gasteiger partial charge in [0.1, 0.15) is 5.69 Å². The third-order valence-electron chi connectivity index (χ3n) is 6.75. The predicted molar refractivity (Wildman–Crippen MR) is 126 cm³/mol. The monoisotopic (exact) mass is 456 g/mol. The quantitative estimate of drug-likeness (QED) is 0.583. The summed E-state index contributed by atoms with van der Waals surface area (Å²) >= 11 is 0. The number of nitrogens with zero attached hydrogens (tertiary/aromatic N) is 4. The van der Waals surface area contributed by atoms with Crippen molar-refractivity contribution in [2.45, 2.75) is 25.5 Å². The molecule has 8 nitrogen and oxygen atoms in total. The maximum absolute atomic E-state index is 10.9. The first kappa shape index (κ1) is 22.8. The predicted octanol–water partition coefficient (Wildman–Crippen LogP) is 2.08. The maximum atomic E-state index is 10.9. The van der Waals surface area contributed by atoms with E-state index in [1.807, 2.05) is 18.2 Å². The SMILES string of the molecule is OC(CN1CCOCC1)CN(Cc1c(-c2ccccc2)noc1N1CCOCC1)CC1CC1. The van der Waals surface area contributed by atoms with Gasteiger partial charge in [-0.25, -0.2) is 0 Å². The number of rotatable bonds is 10. The Morgan fingerprint density at radius 3 is 2.39 bits per heavy atom. The third kappa shape index (κ3) is 6.13. The second kappa shape index (κ2) is 11.0. The van der Waals surface area contributed by atoms with Gasteiger partial charge in [0.25, 0.3) is 0 Å². The lowest BCUT2D eigenvalue weighted by atomic mass is 10.1. The smallest absolute Gasteiger partial charge is 0.232 e. The molecule has 1 N–H and O–H groups in total. The third-order valence-corrected chi connectivity index (χ3v) is 6.75. The molecule has 33 heavy (non-hydrogen) atoms. The highest BCUT2D eigenvalue weighted by atomic mass is 16.5. The molecule has 1 aromatic heterocycles. The molecule has 2 aliphatic heterocycles. The number of hydrogen-bond donors (Lipinski definition) is 1. The van der Waals surface area contributed by atoms with Crippen LogP contribution < -0.4 is 4.90 Å². The van der Waals surface area contributed by atoms with Gasteiger partial charge in [0.2, 0.25) is 5.88 Å². The maximum Gasteiger partial charge on any atom is 0.232 e. The van der Waals surface area contributed by atoms with Gasteiger partial charge in [-0.2, -0.15) is 0 Å². The molecule has 2 saturated heterocycles.